The summed E-state index contributed by atoms with van der Waals surface area (Å²) >= 11 is 0. The smallest absolute Gasteiger partial charge is 0.335 e. The van der Waals surface area contributed by atoms with Crippen LogP contribution in [0.3, 0.4) is 0 Å². The Balaban J connectivity index is 2.04. The molecule has 1 aliphatic carbocycles. The first-order valence-electron chi connectivity index (χ1n) is 7.82. The predicted molar refractivity (Wildman–Crippen MR) is 82.6 cm³/mol. The lowest BCUT2D eigenvalue weighted by atomic mass is 10.1. The van der Waals surface area contributed by atoms with Gasteiger partial charge in [0.2, 0.25) is 0 Å². The minimum Gasteiger partial charge on any atom is -0.478 e. The van der Waals surface area contributed by atoms with E-state index >= 15 is 0 Å². The third-order valence-corrected chi connectivity index (χ3v) is 4.45. The number of nitrogens with zero attached hydrogens (tertiary/aromatic N) is 2. The zero-order valence-corrected chi connectivity index (χ0v) is 12.7. The van der Waals surface area contributed by atoms with E-state index in [1.54, 1.807) is 12.1 Å². The van der Waals surface area contributed by atoms with Crippen molar-refractivity contribution >= 4 is 17.0 Å². The molecule has 21 heavy (non-hydrogen) atoms. The van der Waals surface area contributed by atoms with E-state index < -0.39 is 5.97 Å². The van der Waals surface area contributed by atoms with E-state index in [2.05, 4.69) is 18.4 Å². The maximum absolute atomic E-state index is 11.2. The van der Waals surface area contributed by atoms with Crippen molar-refractivity contribution in [3.63, 3.8) is 0 Å². The quantitative estimate of drug-likeness (QED) is 0.880. The van der Waals surface area contributed by atoms with Crippen LogP contribution in [-0.2, 0) is 13.0 Å². The highest BCUT2D eigenvalue weighted by Crippen LogP contribution is 2.38. The van der Waals surface area contributed by atoms with Crippen molar-refractivity contribution in [3.8, 4) is 0 Å². The summed E-state index contributed by atoms with van der Waals surface area (Å²) in [5, 5.41) is 9.20. The molecule has 1 aromatic heterocycles. The number of aromatic nitrogens is 2. The van der Waals surface area contributed by atoms with Crippen molar-refractivity contribution in [2.75, 3.05) is 0 Å². The number of aryl methyl sites for hydroxylation is 1. The number of hydrogen-bond acceptors (Lipinski definition) is 2. The summed E-state index contributed by atoms with van der Waals surface area (Å²) in [6.07, 6.45) is 4.65. The molecule has 0 amide bonds. The zero-order chi connectivity index (χ0) is 15.0. The SMILES string of the molecule is CCCc1nc2ccc(C(=O)O)cc2n1CC(C)C1CC1. The molecule has 112 valence electrons. The molecule has 1 heterocycles. The molecule has 1 atom stereocenters. The van der Waals surface area contributed by atoms with Crippen LogP contribution in [0.2, 0.25) is 0 Å². The van der Waals surface area contributed by atoms with Gasteiger partial charge >= 0.3 is 5.97 Å². The molecule has 1 aromatic carbocycles. The number of carboxylic acids is 1. The Morgan fingerprint density at radius 2 is 2.24 bits per heavy atom. The minimum atomic E-state index is -0.878. The third-order valence-electron chi connectivity index (χ3n) is 4.45. The van der Waals surface area contributed by atoms with Crippen LogP contribution in [0.1, 0.15) is 49.3 Å². The van der Waals surface area contributed by atoms with E-state index in [1.807, 2.05) is 6.07 Å². The van der Waals surface area contributed by atoms with Gasteiger partial charge in [0.1, 0.15) is 5.82 Å². The van der Waals surface area contributed by atoms with E-state index in [0.717, 1.165) is 42.2 Å². The van der Waals surface area contributed by atoms with Crippen LogP contribution in [0, 0.1) is 11.8 Å². The number of fused-ring (bicyclic) bond motifs is 1. The summed E-state index contributed by atoms with van der Waals surface area (Å²) in [5.74, 6) is 1.67. The van der Waals surface area contributed by atoms with Crippen LogP contribution in [0.15, 0.2) is 18.2 Å². The molecule has 1 unspecified atom stereocenters. The second-order valence-electron chi connectivity index (χ2n) is 6.21. The number of rotatable bonds is 6. The van der Waals surface area contributed by atoms with Gasteiger partial charge in [-0.15, -0.1) is 0 Å². The van der Waals surface area contributed by atoms with Crippen LogP contribution in [0.25, 0.3) is 11.0 Å². The lowest BCUT2D eigenvalue weighted by Gasteiger charge is -2.14. The van der Waals surface area contributed by atoms with E-state index in [-0.39, 0.29) is 0 Å². The first kappa shape index (κ1) is 14.1. The van der Waals surface area contributed by atoms with Gasteiger partial charge in [-0.2, -0.15) is 0 Å². The summed E-state index contributed by atoms with van der Waals surface area (Å²) in [5.41, 5.74) is 2.21. The van der Waals surface area contributed by atoms with Crippen LogP contribution in [0.4, 0.5) is 0 Å². The van der Waals surface area contributed by atoms with Gasteiger partial charge in [0, 0.05) is 13.0 Å². The fraction of sp³-hybridized carbons (Fsp3) is 0.529. The first-order chi connectivity index (χ1) is 10.1. The van der Waals surface area contributed by atoms with Crippen LogP contribution >= 0.6 is 0 Å². The van der Waals surface area contributed by atoms with E-state index in [1.165, 1.54) is 12.8 Å². The van der Waals surface area contributed by atoms with Gasteiger partial charge in [0.25, 0.3) is 0 Å². The number of benzene rings is 1. The molecule has 2 aromatic rings. The minimum absolute atomic E-state index is 0.339. The lowest BCUT2D eigenvalue weighted by molar-refractivity contribution is 0.0697. The lowest BCUT2D eigenvalue weighted by Crippen LogP contribution is -2.12. The molecular weight excluding hydrogens is 264 g/mol. The van der Waals surface area contributed by atoms with Gasteiger partial charge in [-0.05, 0) is 49.3 Å². The first-order valence-corrected chi connectivity index (χ1v) is 7.82. The van der Waals surface area contributed by atoms with Crippen LogP contribution < -0.4 is 0 Å². The summed E-state index contributed by atoms with van der Waals surface area (Å²) < 4.78 is 2.24. The monoisotopic (exact) mass is 286 g/mol. The van der Waals surface area contributed by atoms with Gasteiger partial charge < -0.3 is 9.67 Å². The predicted octanol–water partition coefficient (Wildman–Crippen LogP) is 3.73. The number of carbonyl (C=O) groups is 1. The van der Waals surface area contributed by atoms with E-state index in [9.17, 15) is 9.90 Å². The molecular formula is C17H22N2O2. The van der Waals surface area contributed by atoms with Gasteiger partial charge in [-0.1, -0.05) is 13.8 Å². The van der Waals surface area contributed by atoms with Crippen LogP contribution in [0.5, 0.6) is 0 Å². The van der Waals surface area contributed by atoms with Gasteiger partial charge in [0.05, 0.1) is 16.6 Å². The second-order valence-corrected chi connectivity index (χ2v) is 6.21. The Labute approximate surface area is 124 Å². The molecule has 0 saturated heterocycles. The average molecular weight is 286 g/mol. The Morgan fingerprint density at radius 1 is 1.48 bits per heavy atom. The van der Waals surface area contributed by atoms with Gasteiger partial charge in [0.15, 0.2) is 0 Å². The highest BCUT2D eigenvalue weighted by Gasteiger charge is 2.29. The maximum atomic E-state index is 11.2. The number of aromatic carboxylic acids is 1. The van der Waals surface area contributed by atoms with Crippen molar-refractivity contribution in [2.24, 2.45) is 11.8 Å². The average Bonchev–Trinajstić information content (AvgIpc) is 3.25. The maximum Gasteiger partial charge on any atom is 0.335 e. The number of imidazole rings is 1. The molecule has 1 N–H and O–H groups in total. The Hall–Kier alpha value is -1.84. The molecule has 0 spiro atoms. The molecule has 4 nitrogen and oxygen atoms in total. The largest absolute Gasteiger partial charge is 0.478 e. The Morgan fingerprint density at radius 3 is 2.86 bits per heavy atom. The van der Waals surface area contributed by atoms with Crippen molar-refractivity contribution < 1.29 is 9.90 Å². The normalized spacial score (nSPS) is 16.3. The molecule has 4 heteroatoms. The molecule has 0 bridgehead atoms. The third kappa shape index (κ3) is 2.80. The fourth-order valence-electron chi connectivity index (χ4n) is 3.03. The fourth-order valence-corrected chi connectivity index (χ4v) is 3.03. The van der Waals surface area contributed by atoms with Crippen molar-refractivity contribution in [1.82, 2.24) is 9.55 Å². The molecule has 1 aliphatic rings. The summed E-state index contributed by atoms with van der Waals surface area (Å²) in [4.78, 5) is 15.9. The van der Waals surface area contributed by atoms with Gasteiger partial charge in [-0.25, -0.2) is 9.78 Å². The Bertz CT molecular complexity index is 671. The Kier molecular flexibility index (Phi) is 3.70. The topological polar surface area (TPSA) is 55.1 Å². The number of hydrogen-bond donors (Lipinski definition) is 1. The highest BCUT2D eigenvalue weighted by molar-refractivity contribution is 5.92. The van der Waals surface area contributed by atoms with E-state index in [0.29, 0.717) is 11.5 Å². The zero-order valence-electron chi connectivity index (χ0n) is 12.7. The van der Waals surface area contributed by atoms with Crippen molar-refractivity contribution in [1.29, 1.82) is 0 Å². The summed E-state index contributed by atoms with van der Waals surface area (Å²) in [6, 6.07) is 5.24. The van der Waals surface area contributed by atoms with Crippen LogP contribution in [-0.4, -0.2) is 20.6 Å². The molecule has 1 saturated carbocycles. The summed E-state index contributed by atoms with van der Waals surface area (Å²) in [7, 11) is 0. The molecule has 0 radical (unpaired) electrons. The number of carboxylic acid groups (broad SMARTS) is 1. The van der Waals surface area contributed by atoms with E-state index in [4.69, 9.17) is 4.98 Å². The van der Waals surface area contributed by atoms with Gasteiger partial charge in [-0.3, -0.25) is 0 Å². The van der Waals surface area contributed by atoms with Crippen molar-refractivity contribution in [2.45, 2.75) is 46.1 Å². The molecule has 3 rings (SSSR count). The molecule has 1 fully saturated rings. The van der Waals surface area contributed by atoms with Crippen molar-refractivity contribution in [3.05, 3.63) is 29.6 Å². The standard InChI is InChI=1S/C17H22N2O2/c1-3-4-16-18-14-8-7-13(17(20)21)9-15(14)19(16)10-11(2)12-5-6-12/h7-9,11-12H,3-6,10H2,1-2H3,(H,20,21). The molecule has 0 aliphatic heterocycles. The highest BCUT2D eigenvalue weighted by atomic mass is 16.4. The summed E-state index contributed by atoms with van der Waals surface area (Å²) in [6.45, 7) is 5.39. The second kappa shape index (κ2) is 5.51.